The molecule has 2 aromatic rings. The van der Waals surface area contributed by atoms with Crippen LogP contribution in [0.15, 0.2) is 60.7 Å². The molecule has 0 aliphatic carbocycles. The summed E-state index contributed by atoms with van der Waals surface area (Å²) in [7, 11) is 1.58. The average molecular weight is 280 g/mol. The Morgan fingerprint density at radius 3 is 2.24 bits per heavy atom. The monoisotopic (exact) mass is 280 g/mol. The van der Waals surface area contributed by atoms with Gasteiger partial charge in [-0.05, 0) is 35.9 Å². The van der Waals surface area contributed by atoms with E-state index in [1.807, 2.05) is 30.3 Å². The maximum atomic E-state index is 11.8. The summed E-state index contributed by atoms with van der Waals surface area (Å²) >= 11 is 0. The Hall–Kier alpha value is -2.88. The summed E-state index contributed by atoms with van der Waals surface area (Å²) < 4.78 is 0. The molecule has 0 aromatic heterocycles. The lowest BCUT2D eigenvalue weighted by Gasteiger charge is -2.04. The lowest BCUT2D eigenvalue weighted by atomic mass is 10.2. The number of hydrogen-bond donors (Lipinski definition) is 2. The van der Waals surface area contributed by atoms with E-state index in [2.05, 4.69) is 10.6 Å². The summed E-state index contributed by atoms with van der Waals surface area (Å²) in [6.07, 6.45) is 3.22. The Bertz CT molecular complexity index is 646. The number of benzene rings is 2. The zero-order valence-corrected chi connectivity index (χ0v) is 11.7. The van der Waals surface area contributed by atoms with Crippen LogP contribution in [0, 0.1) is 0 Å². The third kappa shape index (κ3) is 4.31. The Kier molecular flexibility index (Phi) is 4.88. The van der Waals surface area contributed by atoms with E-state index >= 15 is 0 Å². The third-order valence-electron chi connectivity index (χ3n) is 2.87. The first-order valence-corrected chi connectivity index (χ1v) is 6.55. The summed E-state index contributed by atoms with van der Waals surface area (Å²) in [5, 5.41) is 5.28. The number of anilines is 1. The lowest BCUT2D eigenvalue weighted by molar-refractivity contribution is -0.111. The van der Waals surface area contributed by atoms with Gasteiger partial charge >= 0.3 is 0 Å². The molecular weight excluding hydrogens is 264 g/mol. The standard InChI is InChI=1S/C17H16N2O2/c1-18-17(21)14-8-10-15(11-9-14)19-16(20)12-7-13-5-3-2-4-6-13/h2-12H,1H3,(H,18,21)(H,19,20)/b12-7+. The quantitative estimate of drug-likeness (QED) is 0.846. The molecule has 0 unspecified atom stereocenters. The molecule has 21 heavy (non-hydrogen) atoms. The lowest BCUT2D eigenvalue weighted by Crippen LogP contribution is -2.17. The normalized spacial score (nSPS) is 10.3. The van der Waals surface area contributed by atoms with E-state index in [4.69, 9.17) is 0 Å². The molecule has 0 heterocycles. The first-order valence-electron chi connectivity index (χ1n) is 6.55. The number of carbonyl (C=O) groups is 2. The highest BCUT2D eigenvalue weighted by Crippen LogP contribution is 2.10. The molecule has 0 spiro atoms. The molecule has 4 nitrogen and oxygen atoms in total. The predicted molar refractivity (Wildman–Crippen MR) is 83.9 cm³/mol. The van der Waals surface area contributed by atoms with Gasteiger partial charge in [-0.25, -0.2) is 0 Å². The van der Waals surface area contributed by atoms with Gasteiger partial charge < -0.3 is 10.6 Å². The van der Waals surface area contributed by atoms with Gasteiger partial charge in [-0.2, -0.15) is 0 Å². The molecule has 4 heteroatoms. The van der Waals surface area contributed by atoms with Crippen molar-refractivity contribution in [3.05, 3.63) is 71.8 Å². The van der Waals surface area contributed by atoms with Crippen molar-refractivity contribution in [1.29, 1.82) is 0 Å². The fourth-order valence-electron chi connectivity index (χ4n) is 1.77. The van der Waals surface area contributed by atoms with Crippen LogP contribution in [0.2, 0.25) is 0 Å². The van der Waals surface area contributed by atoms with Crippen molar-refractivity contribution in [2.45, 2.75) is 0 Å². The van der Waals surface area contributed by atoms with Gasteiger partial charge in [-0.3, -0.25) is 9.59 Å². The largest absolute Gasteiger partial charge is 0.355 e. The molecule has 0 radical (unpaired) electrons. The minimum Gasteiger partial charge on any atom is -0.355 e. The van der Waals surface area contributed by atoms with E-state index in [9.17, 15) is 9.59 Å². The van der Waals surface area contributed by atoms with Crippen LogP contribution in [0.5, 0.6) is 0 Å². The molecule has 0 fully saturated rings. The summed E-state index contributed by atoms with van der Waals surface area (Å²) in [4.78, 5) is 23.2. The molecule has 0 bridgehead atoms. The number of carbonyl (C=O) groups excluding carboxylic acids is 2. The zero-order valence-electron chi connectivity index (χ0n) is 11.7. The van der Waals surface area contributed by atoms with Gasteiger partial charge in [0.15, 0.2) is 0 Å². The van der Waals surface area contributed by atoms with Crippen molar-refractivity contribution in [2.75, 3.05) is 12.4 Å². The maximum absolute atomic E-state index is 11.8. The number of nitrogens with one attached hydrogen (secondary N) is 2. The molecule has 2 rings (SSSR count). The minimum absolute atomic E-state index is 0.156. The van der Waals surface area contributed by atoms with Crippen molar-refractivity contribution in [1.82, 2.24) is 5.32 Å². The van der Waals surface area contributed by atoms with Gasteiger partial charge in [-0.1, -0.05) is 30.3 Å². The highest BCUT2D eigenvalue weighted by molar-refractivity contribution is 6.02. The fourth-order valence-corrected chi connectivity index (χ4v) is 1.77. The van der Waals surface area contributed by atoms with Crippen LogP contribution in [0.4, 0.5) is 5.69 Å². The van der Waals surface area contributed by atoms with E-state index in [0.717, 1.165) is 5.56 Å². The Morgan fingerprint density at radius 2 is 1.62 bits per heavy atom. The second kappa shape index (κ2) is 7.05. The first-order chi connectivity index (χ1) is 10.2. The summed E-state index contributed by atoms with van der Waals surface area (Å²) in [6, 6.07) is 16.3. The van der Waals surface area contributed by atoms with E-state index in [1.54, 1.807) is 37.4 Å². The second-order valence-corrected chi connectivity index (χ2v) is 4.39. The highest BCUT2D eigenvalue weighted by atomic mass is 16.2. The molecule has 0 saturated carbocycles. The Balaban J connectivity index is 1.97. The highest BCUT2D eigenvalue weighted by Gasteiger charge is 2.03. The predicted octanol–water partition coefficient (Wildman–Crippen LogP) is 2.70. The molecule has 0 saturated heterocycles. The maximum Gasteiger partial charge on any atom is 0.251 e. The summed E-state index contributed by atoms with van der Waals surface area (Å²) in [5.74, 6) is -0.372. The molecule has 0 atom stereocenters. The Labute approximate surface area is 123 Å². The van der Waals surface area contributed by atoms with Gasteiger partial charge in [0, 0.05) is 24.4 Å². The average Bonchev–Trinajstić information content (AvgIpc) is 2.54. The molecule has 0 aliphatic rings. The first kappa shape index (κ1) is 14.5. The Morgan fingerprint density at radius 1 is 0.952 bits per heavy atom. The van der Waals surface area contributed by atoms with Crippen LogP contribution in [0.25, 0.3) is 6.08 Å². The topological polar surface area (TPSA) is 58.2 Å². The van der Waals surface area contributed by atoms with Crippen LogP contribution in [-0.2, 0) is 4.79 Å². The summed E-state index contributed by atoms with van der Waals surface area (Å²) in [5.41, 5.74) is 2.16. The molecule has 2 amide bonds. The number of rotatable bonds is 4. The van der Waals surface area contributed by atoms with Gasteiger partial charge in [0.25, 0.3) is 5.91 Å². The molecule has 0 aliphatic heterocycles. The zero-order chi connectivity index (χ0) is 15.1. The van der Waals surface area contributed by atoms with Crippen LogP contribution in [-0.4, -0.2) is 18.9 Å². The van der Waals surface area contributed by atoms with Crippen molar-refractivity contribution < 1.29 is 9.59 Å². The van der Waals surface area contributed by atoms with E-state index < -0.39 is 0 Å². The fraction of sp³-hybridized carbons (Fsp3) is 0.0588. The van der Waals surface area contributed by atoms with Crippen LogP contribution in [0.1, 0.15) is 15.9 Å². The number of hydrogen-bond acceptors (Lipinski definition) is 2. The molecule has 2 aromatic carbocycles. The van der Waals surface area contributed by atoms with Gasteiger partial charge in [0.05, 0.1) is 0 Å². The van der Waals surface area contributed by atoms with E-state index in [0.29, 0.717) is 11.3 Å². The van der Waals surface area contributed by atoms with Crippen molar-refractivity contribution in [3.63, 3.8) is 0 Å². The summed E-state index contributed by atoms with van der Waals surface area (Å²) in [6.45, 7) is 0. The van der Waals surface area contributed by atoms with Crippen LogP contribution >= 0.6 is 0 Å². The van der Waals surface area contributed by atoms with Crippen LogP contribution in [0.3, 0.4) is 0 Å². The van der Waals surface area contributed by atoms with Crippen LogP contribution < -0.4 is 10.6 Å². The number of amides is 2. The van der Waals surface area contributed by atoms with Crippen molar-refractivity contribution in [3.8, 4) is 0 Å². The van der Waals surface area contributed by atoms with Gasteiger partial charge in [-0.15, -0.1) is 0 Å². The van der Waals surface area contributed by atoms with Crippen molar-refractivity contribution in [2.24, 2.45) is 0 Å². The smallest absolute Gasteiger partial charge is 0.251 e. The van der Waals surface area contributed by atoms with Gasteiger partial charge in [0.2, 0.25) is 5.91 Å². The van der Waals surface area contributed by atoms with Gasteiger partial charge in [0.1, 0.15) is 0 Å². The molecule has 2 N–H and O–H groups in total. The second-order valence-electron chi connectivity index (χ2n) is 4.39. The third-order valence-corrected chi connectivity index (χ3v) is 2.87. The van der Waals surface area contributed by atoms with Crippen molar-refractivity contribution >= 4 is 23.6 Å². The van der Waals surface area contributed by atoms with E-state index in [1.165, 1.54) is 6.08 Å². The molecular formula is C17H16N2O2. The SMILES string of the molecule is CNC(=O)c1ccc(NC(=O)/C=C/c2ccccc2)cc1. The minimum atomic E-state index is -0.216. The molecule has 106 valence electrons. The van der Waals surface area contributed by atoms with E-state index in [-0.39, 0.29) is 11.8 Å².